The topological polar surface area (TPSA) is 67.6 Å². The molecule has 1 rings (SSSR count). The molecule has 1 amide bonds. The van der Waals surface area contributed by atoms with Crippen molar-refractivity contribution in [2.75, 3.05) is 39.9 Å². The zero-order valence-electron chi connectivity index (χ0n) is 8.66. The minimum Gasteiger partial charge on any atom is -0.383 e. The van der Waals surface area contributed by atoms with Crippen molar-refractivity contribution in [2.45, 2.75) is 12.5 Å². The molecule has 82 valence electrons. The maximum atomic E-state index is 11.3. The molecule has 5 nitrogen and oxygen atoms in total. The molecular formula is C9H19N3O2. The van der Waals surface area contributed by atoms with E-state index >= 15 is 0 Å². The summed E-state index contributed by atoms with van der Waals surface area (Å²) in [5.41, 5.74) is 5.73. The summed E-state index contributed by atoms with van der Waals surface area (Å²) >= 11 is 0. The van der Waals surface area contributed by atoms with Gasteiger partial charge in [-0.15, -0.1) is 0 Å². The highest BCUT2D eigenvalue weighted by atomic mass is 16.5. The Morgan fingerprint density at radius 3 is 3.07 bits per heavy atom. The summed E-state index contributed by atoms with van der Waals surface area (Å²) in [5.74, 6) is 0.0520. The van der Waals surface area contributed by atoms with E-state index < -0.39 is 0 Å². The molecule has 1 atom stereocenters. The number of hydrogen-bond donors (Lipinski definition) is 2. The van der Waals surface area contributed by atoms with Crippen molar-refractivity contribution < 1.29 is 9.53 Å². The molecule has 0 aromatic carbocycles. The van der Waals surface area contributed by atoms with Crippen LogP contribution in [0.25, 0.3) is 0 Å². The average molecular weight is 201 g/mol. The first-order valence-corrected chi connectivity index (χ1v) is 4.96. The third kappa shape index (κ3) is 4.04. The van der Waals surface area contributed by atoms with Gasteiger partial charge in [0.15, 0.2) is 0 Å². The minimum absolute atomic E-state index is 0.0520. The summed E-state index contributed by atoms with van der Waals surface area (Å²) in [6, 6.07) is 0.238. The van der Waals surface area contributed by atoms with Gasteiger partial charge in [0.25, 0.3) is 0 Å². The highest BCUT2D eigenvalue weighted by Crippen LogP contribution is 2.05. The van der Waals surface area contributed by atoms with E-state index in [1.165, 1.54) is 0 Å². The monoisotopic (exact) mass is 201 g/mol. The van der Waals surface area contributed by atoms with Gasteiger partial charge in [-0.25, -0.2) is 0 Å². The number of nitrogens with one attached hydrogen (secondary N) is 1. The van der Waals surface area contributed by atoms with Crippen LogP contribution in [-0.2, 0) is 9.53 Å². The van der Waals surface area contributed by atoms with Gasteiger partial charge in [-0.1, -0.05) is 0 Å². The van der Waals surface area contributed by atoms with Crippen molar-refractivity contribution in [3.05, 3.63) is 0 Å². The first-order chi connectivity index (χ1) is 6.72. The zero-order valence-corrected chi connectivity index (χ0v) is 8.66. The number of likely N-dealkylation sites (tertiary alicyclic amines) is 1. The van der Waals surface area contributed by atoms with Gasteiger partial charge in [-0.05, 0) is 6.42 Å². The predicted octanol–water partition coefficient (Wildman–Crippen LogP) is -1.22. The lowest BCUT2D eigenvalue weighted by Crippen LogP contribution is -2.38. The van der Waals surface area contributed by atoms with E-state index in [1.54, 1.807) is 7.11 Å². The maximum Gasteiger partial charge on any atom is 0.234 e. The van der Waals surface area contributed by atoms with E-state index in [2.05, 4.69) is 10.2 Å². The predicted molar refractivity (Wildman–Crippen MR) is 53.9 cm³/mol. The number of amides is 1. The number of carbonyl (C=O) groups excluding carboxylic acids is 1. The van der Waals surface area contributed by atoms with Crippen molar-refractivity contribution in [1.82, 2.24) is 10.2 Å². The van der Waals surface area contributed by atoms with Crippen molar-refractivity contribution in [2.24, 2.45) is 5.73 Å². The van der Waals surface area contributed by atoms with Crippen LogP contribution in [-0.4, -0.2) is 56.7 Å². The molecule has 0 aromatic rings. The van der Waals surface area contributed by atoms with E-state index in [1.807, 2.05) is 0 Å². The number of ether oxygens (including phenoxy) is 1. The van der Waals surface area contributed by atoms with Crippen LogP contribution in [0, 0.1) is 0 Å². The number of rotatable bonds is 5. The van der Waals surface area contributed by atoms with Gasteiger partial charge in [-0.2, -0.15) is 0 Å². The second-order valence-corrected chi connectivity index (χ2v) is 3.63. The molecule has 0 aliphatic carbocycles. The molecule has 0 radical (unpaired) electrons. The molecule has 1 fully saturated rings. The van der Waals surface area contributed by atoms with E-state index in [4.69, 9.17) is 10.5 Å². The van der Waals surface area contributed by atoms with Gasteiger partial charge in [-0.3, -0.25) is 9.69 Å². The lowest BCUT2D eigenvalue weighted by atomic mass is 10.3. The lowest BCUT2D eigenvalue weighted by Gasteiger charge is -2.14. The third-order valence-corrected chi connectivity index (χ3v) is 2.30. The minimum atomic E-state index is 0.0520. The fourth-order valence-corrected chi connectivity index (χ4v) is 1.56. The van der Waals surface area contributed by atoms with Crippen molar-refractivity contribution in [3.63, 3.8) is 0 Å². The lowest BCUT2D eigenvalue weighted by molar-refractivity contribution is -0.122. The third-order valence-electron chi connectivity index (χ3n) is 2.30. The molecule has 1 heterocycles. The fraction of sp³-hybridized carbons (Fsp3) is 0.889. The Balaban J connectivity index is 2.08. The average Bonchev–Trinajstić information content (AvgIpc) is 2.52. The summed E-state index contributed by atoms with van der Waals surface area (Å²) in [4.78, 5) is 13.4. The Kier molecular flexibility index (Phi) is 4.86. The van der Waals surface area contributed by atoms with Crippen LogP contribution >= 0.6 is 0 Å². The first kappa shape index (κ1) is 11.4. The number of methoxy groups -OCH3 is 1. The van der Waals surface area contributed by atoms with Crippen LogP contribution in [0.1, 0.15) is 6.42 Å². The van der Waals surface area contributed by atoms with Crippen molar-refractivity contribution >= 4 is 5.91 Å². The molecule has 0 bridgehead atoms. The Labute approximate surface area is 84.6 Å². The second-order valence-electron chi connectivity index (χ2n) is 3.63. The fourth-order valence-electron chi connectivity index (χ4n) is 1.56. The van der Waals surface area contributed by atoms with Crippen LogP contribution in [0.3, 0.4) is 0 Å². The van der Waals surface area contributed by atoms with E-state index in [0.717, 1.165) is 19.5 Å². The molecule has 1 aliphatic rings. The molecule has 0 spiro atoms. The Hall–Kier alpha value is -0.650. The number of nitrogens with zero attached hydrogens (tertiary/aromatic N) is 1. The van der Waals surface area contributed by atoms with E-state index in [9.17, 15) is 4.79 Å². The SMILES string of the molecule is COCCNC(=O)CN1CCC(N)C1. The Morgan fingerprint density at radius 1 is 1.71 bits per heavy atom. The van der Waals surface area contributed by atoms with Gasteiger partial charge in [0.1, 0.15) is 0 Å². The van der Waals surface area contributed by atoms with Crippen molar-refractivity contribution in [3.8, 4) is 0 Å². The number of hydrogen-bond acceptors (Lipinski definition) is 4. The summed E-state index contributed by atoms with van der Waals surface area (Å²) in [6.45, 7) is 3.36. The van der Waals surface area contributed by atoms with E-state index in [0.29, 0.717) is 19.7 Å². The molecule has 0 saturated carbocycles. The highest BCUT2D eigenvalue weighted by Gasteiger charge is 2.20. The molecule has 1 aliphatic heterocycles. The van der Waals surface area contributed by atoms with Crippen LogP contribution < -0.4 is 11.1 Å². The Bertz CT molecular complexity index is 187. The van der Waals surface area contributed by atoms with Crippen LogP contribution in [0.5, 0.6) is 0 Å². The molecule has 14 heavy (non-hydrogen) atoms. The molecule has 5 heteroatoms. The molecule has 0 aromatic heterocycles. The normalized spacial score (nSPS) is 22.6. The second kappa shape index (κ2) is 5.95. The molecule has 1 saturated heterocycles. The van der Waals surface area contributed by atoms with Gasteiger partial charge < -0.3 is 15.8 Å². The van der Waals surface area contributed by atoms with Crippen LogP contribution in [0.4, 0.5) is 0 Å². The van der Waals surface area contributed by atoms with Crippen molar-refractivity contribution in [1.29, 1.82) is 0 Å². The standard InChI is InChI=1S/C9H19N3O2/c1-14-5-3-11-9(13)7-12-4-2-8(10)6-12/h8H,2-7,10H2,1H3,(H,11,13). The van der Waals surface area contributed by atoms with Crippen LogP contribution in [0.15, 0.2) is 0 Å². The molecule has 1 unspecified atom stereocenters. The summed E-state index contributed by atoms with van der Waals surface area (Å²) in [7, 11) is 1.62. The maximum absolute atomic E-state index is 11.3. The number of nitrogens with two attached hydrogens (primary N) is 1. The molecule has 3 N–H and O–H groups in total. The van der Waals surface area contributed by atoms with Gasteiger partial charge in [0, 0.05) is 32.8 Å². The summed E-state index contributed by atoms with van der Waals surface area (Å²) in [5, 5.41) is 2.78. The quantitative estimate of drug-likeness (QED) is 0.547. The van der Waals surface area contributed by atoms with Crippen LogP contribution in [0.2, 0.25) is 0 Å². The van der Waals surface area contributed by atoms with Gasteiger partial charge in [0.05, 0.1) is 13.2 Å². The smallest absolute Gasteiger partial charge is 0.234 e. The Morgan fingerprint density at radius 2 is 2.50 bits per heavy atom. The first-order valence-electron chi connectivity index (χ1n) is 4.96. The number of carbonyl (C=O) groups is 1. The van der Waals surface area contributed by atoms with E-state index in [-0.39, 0.29) is 11.9 Å². The summed E-state index contributed by atoms with van der Waals surface area (Å²) in [6.07, 6.45) is 0.991. The van der Waals surface area contributed by atoms with Gasteiger partial charge >= 0.3 is 0 Å². The van der Waals surface area contributed by atoms with Gasteiger partial charge in [0.2, 0.25) is 5.91 Å². The zero-order chi connectivity index (χ0) is 10.4. The molecular weight excluding hydrogens is 182 g/mol. The highest BCUT2D eigenvalue weighted by molar-refractivity contribution is 5.78. The largest absolute Gasteiger partial charge is 0.383 e. The summed E-state index contributed by atoms with van der Waals surface area (Å²) < 4.78 is 4.83.